The molecule has 5 heteroatoms. The Labute approximate surface area is 112 Å². The van der Waals surface area contributed by atoms with Crippen molar-refractivity contribution >= 4 is 11.6 Å². The van der Waals surface area contributed by atoms with Gasteiger partial charge in [0.2, 0.25) is 0 Å². The number of nitrogens with one attached hydrogen (secondary N) is 1. The van der Waals surface area contributed by atoms with E-state index in [0.29, 0.717) is 10.9 Å². The Balaban J connectivity index is 2.15. The molecule has 18 heavy (non-hydrogen) atoms. The van der Waals surface area contributed by atoms with Crippen LogP contribution in [-0.4, -0.2) is 21.3 Å². The number of pyridine rings is 1. The van der Waals surface area contributed by atoms with Gasteiger partial charge in [0.25, 0.3) is 0 Å². The van der Waals surface area contributed by atoms with Crippen LogP contribution >= 0.6 is 11.6 Å². The highest BCUT2D eigenvalue weighted by Crippen LogP contribution is 2.13. The van der Waals surface area contributed by atoms with Crippen LogP contribution < -0.4 is 5.32 Å². The number of rotatable bonds is 5. The molecule has 2 aromatic rings. The molecule has 0 aliphatic heterocycles. The SMILES string of the molecule is CC(C)CNCc1cccnc1-n1cc(Cl)cn1. The minimum Gasteiger partial charge on any atom is -0.312 e. The second-order valence-corrected chi connectivity index (χ2v) is 5.05. The number of hydrogen-bond donors (Lipinski definition) is 1. The zero-order valence-electron chi connectivity index (χ0n) is 10.6. The molecule has 0 aliphatic carbocycles. The summed E-state index contributed by atoms with van der Waals surface area (Å²) in [4.78, 5) is 4.36. The maximum atomic E-state index is 5.88. The monoisotopic (exact) mass is 264 g/mol. The minimum atomic E-state index is 0.613. The van der Waals surface area contributed by atoms with Crippen LogP contribution in [0.15, 0.2) is 30.7 Å². The molecule has 0 aliphatic rings. The summed E-state index contributed by atoms with van der Waals surface area (Å²) in [5, 5.41) is 8.20. The van der Waals surface area contributed by atoms with E-state index >= 15 is 0 Å². The van der Waals surface area contributed by atoms with Crippen LogP contribution in [0.25, 0.3) is 5.82 Å². The zero-order chi connectivity index (χ0) is 13.0. The van der Waals surface area contributed by atoms with Gasteiger partial charge < -0.3 is 5.32 Å². The molecule has 2 heterocycles. The van der Waals surface area contributed by atoms with Crippen LogP contribution in [0.2, 0.25) is 5.02 Å². The van der Waals surface area contributed by atoms with E-state index < -0.39 is 0 Å². The second-order valence-electron chi connectivity index (χ2n) is 4.61. The first-order chi connectivity index (χ1) is 8.66. The lowest BCUT2D eigenvalue weighted by molar-refractivity contribution is 0.550. The molecule has 0 amide bonds. The number of nitrogens with zero attached hydrogens (tertiary/aromatic N) is 3. The van der Waals surface area contributed by atoms with Gasteiger partial charge in [0.15, 0.2) is 5.82 Å². The number of halogens is 1. The molecule has 2 aromatic heterocycles. The van der Waals surface area contributed by atoms with Gasteiger partial charge in [0, 0.05) is 18.3 Å². The van der Waals surface area contributed by atoms with Crippen molar-refractivity contribution in [1.82, 2.24) is 20.1 Å². The topological polar surface area (TPSA) is 42.7 Å². The van der Waals surface area contributed by atoms with Gasteiger partial charge in [0.1, 0.15) is 0 Å². The van der Waals surface area contributed by atoms with Crippen LogP contribution in [0.4, 0.5) is 0 Å². The summed E-state index contributed by atoms with van der Waals surface area (Å²) in [6.45, 7) is 6.13. The van der Waals surface area contributed by atoms with Gasteiger partial charge in [0.05, 0.1) is 17.4 Å². The third-order valence-electron chi connectivity index (χ3n) is 2.50. The lowest BCUT2D eigenvalue weighted by Gasteiger charge is -2.10. The minimum absolute atomic E-state index is 0.613. The first kappa shape index (κ1) is 13.1. The maximum absolute atomic E-state index is 5.88. The highest BCUT2D eigenvalue weighted by Gasteiger charge is 2.07. The molecule has 4 nitrogen and oxygen atoms in total. The van der Waals surface area contributed by atoms with Crippen LogP contribution in [-0.2, 0) is 6.54 Å². The van der Waals surface area contributed by atoms with E-state index in [1.165, 1.54) is 0 Å². The third kappa shape index (κ3) is 3.31. The van der Waals surface area contributed by atoms with E-state index in [-0.39, 0.29) is 0 Å². The second kappa shape index (κ2) is 5.98. The summed E-state index contributed by atoms with van der Waals surface area (Å²) in [6.07, 6.45) is 5.13. The van der Waals surface area contributed by atoms with Crippen LogP contribution in [0.5, 0.6) is 0 Å². The molecule has 0 saturated carbocycles. The molecule has 0 fully saturated rings. The highest BCUT2D eigenvalue weighted by molar-refractivity contribution is 6.30. The van der Waals surface area contributed by atoms with Crippen molar-refractivity contribution in [1.29, 1.82) is 0 Å². The van der Waals surface area contributed by atoms with Gasteiger partial charge in [-0.2, -0.15) is 5.10 Å². The van der Waals surface area contributed by atoms with Gasteiger partial charge in [-0.3, -0.25) is 0 Å². The fourth-order valence-corrected chi connectivity index (χ4v) is 1.82. The maximum Gasteiger partial charge on any atom is 0.157 e. The van der Waals surface area contributed by atoms with E-state index in [1.54, 1.807) is 23.3 Å². The van der Waals surface area contributed by atoms with Crippen molar-refractivity contribution in [3.05, 3.63) is 41.3 Å². The van der Waals surface area contributed by atoms with Crippen molar-refractivity contribution in [3.8, 4) is 5.82 Å². The van der Waals surface area contributed by atoms with Crippen molar-refractivity contribution in [2.45, 2.75) is 20.4 Å². The molecule has 0 saturated heterocycles. The predicted octanol–water partition coefficient (Wildman–Crippen LogP) is 2.67. The van der Waals surface area contributed by atoms with E-state index in [1.807, 2.05) is 12.1 Å². The van der Waals surface area contributed by atoms with Crippen molar-refractivity contribution < 1.29 is 0 Å². The Morgan fingerprint density at radius 3 is 2.94 bits per heavy atom. The fraction of sp³-hybridized carbons (Fsp3) is 0.385. The lowest BCUT2D eigenvalue weighted by Crippen LogP contribution is -2.20. The Morgan fingerprint density at radius 1 is 1.44 bits per heavy atom. The molecule has 2 rings (SSSR count). The molecule has 1 N–H and O–H groups in total. The van der Waals surface area contributed by atoms with Crippen molar-refractivity contribution in [2.75, 3.05) is 6.54 Å². The summed E-state index contributed by atoms with van der Waals surface area (Å²) in [7, 11) is 0. The van der Waals surface area contributed by atoms with E-state index in [9.17, 15) is 0 Å². The van der Waals surface area contributed by atoms with E-state index in [2.05, 4.69) is 29.2 Å². The molecule has 96 valence electrons. The molecule has 0 radical (unpaired) electrons. The standard InChI is InChI=1S/C13H17ClN4/c1-10(2)6-15-7-11-4-3-5-16-13(11)18-9-12(14)8-17-18/h3-5,8-10,15H,6-7H2,1-2H3. The van der Waals surface area contributed by atoms with Crippen molar-refractivity contribution in [2.24, 2.45) is 5.92 Å². The lowest BCUT2D eigenvalue weighted by atomic mass is 10.2. The first-order valence-corrected chi connectivity index (χ1v) is 6.40. The van der Waals surface area contributed by atoms with Crippen LogP contribution in [0.3, 0.4) is 0 Å². The average molecular weight is 265 g/mol. The third-order valence-corrected chi connectivity index (χ3v) is 2.70. The summed E-state index contributed by atoms with van der Waals surface area (Å²) in [5.41, 5.74) is 1.11. The largest absolute Gasteiger partial charge is 0.312 e. The van der Waals surface area contributed by atoms with E-state index in [0.717, 1.165) is 24.5 Å². The number of hydrogen-bond acceptors (Lipinski definition) is 3. The summed E-state index contributed by atoms with van der Waals surface area (Å²) in [6, 6.07) is 3.98. The quantitative estimate of drug-likeness (QED) is 0.903. The average Bonchev–Trinajstić information content (AvgIpc) is 2.76. The highest BCUT2D eigenvalue weighted by atomic mass is 35.5. The molecule has 0 spiro atoms. The van der Waals surface area contributed by atoms with Gasteiger partial charge in [-0.15, -0.1) is 0 Å². The summed E-state index contributed by atoms with van der Waals surface area (Å²) >= 11 is 5.88. The Bertz CT molecular complexity index is 507. The van der Waals surface area contributed by atoms with Gasteiger partial charge in [-0.05, 0) is 18.5 Å². The van der Waals surface area contributed by atoms with Crippen LogP contribution in [0, 0.1) is 5.92 Å². The Kier molecular flexibility index (Phi) is 4.33. The van der Waals surface area contributed by atoms with Gasteiger partial charge in [-0.1, -0.05) is 31.5 Å². The first-order valence-electron chi connectivity index (χ1n) is 6.02. The molecular weight excluding hydrogens is 248 g/mol. The van der Waals surface area contributed by atoms with Crippen LogP contribution in [0.1, 0.15) is 19.4 Å². The van der Waals surface area contributed by atoms with Crippen molar-refractivity contribution in [3.63, 3.8) is 0 Å². The smallest absolute Gasteiger partial charge is 0.157 e. The van der Waals surface area contributed by atoms with Gasteiger partial charge in [-0.25, -0.2) is 9.67 Å². The predicted molar refractivity (Wildman–Crippen MR) is 72.9 cm³/mol. The molecule has 0 bridgehead atoms. The molecule has 0 unspecified atom stereocenters. The van der Waals surface area contributed by atoms with E-state index in [4.69, 9.17) is 11.6 Å². The molecule has 0 atom stereocenters. The summed E-state index contributed by atoms with van der Waals surface area (Å²) in [5.74, 6) is 1.45. The Morgan fingerprint density at radius 2 is 2.28 bits per heavy atom. The Hall–Kier alpha value is -1.39. The number of aromatic nitrogens is 3. The summed E-state index contributed by atoms with van der Waals surface area (Å²) < 4.78 is 1.70. The van der Waals surface area contributed by atoms with Gasteiger partial charge >= 0.3 is 0 Å². The molecule has 0 aromatic carbocycles. The normalized spacial score (nSPS) is 11.1. The molecular formula is C13H17ClN4. The zero-order valence-corrected chi connectivity index (χ0v) is 11.4. The fourth-order valence-electron chi connectivity index (χ4n) is 1.69.